The number of likely N-dealkylation sites (tertiary alicyclic amines) is 1. The first kappa shape index (κ1) is 45.7. The average Bonchev–Trinajstić information content (AvgIpc) is 4.07. The maximum Gasteiger partial charge on any atom is 0.438 e. The minimum Gasteiger partial charge on any atom is -0.376 e. The monoisotopic (exact) mass is 979 g/mol. The topological polar surface area (TPSA) is 176 Å². The number of carbonyl (C=O) groups is 2. The van der Waals surface area contributed by atoms with E-state index in [9.17, 15) is 9.59 Å². The number of aromatic amines is 1. The van der Waals surface area contributed by atoms with E-state index in [0.717, 1.165) is 29.3 Å². The molecule has 3 fully saturated rings. The maximum absolute atomic E-state index is 16.5. The minimum atomic E-state index is -1.22. The Labute approximate surface area is 411 Å². The highest BCUT2D eigenvalue weighted by molar-refractivity contribution is 6.00. The molecular formula is C53H55F2N11O6. The zero-order valence-corrected chi connectivity index (χ0v) is 41.4. The molecule has 1 unspecified atom stereocenters. The lowest BCUT2D eigenvalue weighted by Gasteiger charge is -2.52. The first-order valence-corrected chi connectivity index (χ1v) is 24.6. The van der Waals surface area contributed by atoms with Crippen LogP contribution in [0.3, 0.4) is 0 Å². The summed E-state index contributed by atoms with van der Waals surface area (Å²) >= 11 is 0. The number of aromatic nitrogens is 9. The van der Waals surface area contributed by atoms with Crippen LogP contribution < -0.4 is 11.4 Å². The molecule has 2 saturated heterocycles. The number of benzene rings is 3. The predicted molar refractivity (Wildman–Crippen MR) is 262 cm³/mol. The summed E-state index contributed by atoms with van der Waals surface area (Å²) in [5.74, 6) is -1.63. The van der Waals surface area contributed by atoms with Crippen LogP contribution >= 0.6 is 0 Å². The summed E-state index contributed by atoms with van der Waals surface area (Å²) in [6, 6.07) is 13.9. The molecule has 4 aliphatic rings. The van der Waals surface area contributed by atoms with Gasteiger partial charge in [0, 0.05) is 62.4 Å². The van der Waals surface area contributed by atoms with Gasteiger partial charge in [-0.25, -0.2) is 23.1 Å². The third kappa shape index (κ3) is 6.54. The molecule has 0 bridgehead atoms. The van der Waals surface area contributed by atoms with Gasteiger partial charge in [0.2, 0.25) is 5.91 Å². The Morgan fingerprint density at radius 2 is 1.67 bits per heavy atom. The van der Waals surface area contributed by atoms with Gasteiger partial charge in [-0.2, -0.15) is 10.2 Å². The summed E-state index contributed by atoms with van der Waals surface area (Å²) < 4.78 is 50.7. The lowest BCUT2D eigenvalue weighted by Crippen LogP contribution is -2.64. The minimum absolute atomic E-state index is 0.00715. The Kier molecular flexibility index (Phi) is 10.0. The van der Waals surface area contributed by atoms with Crippen LogP contribution in [0.5, 0.6) is 0 Å². The van der Waals surface area contributed by atoms with Crippen LogP contribution in [0.4, 0.5) is 8.78 Å². The highest BCUT2D eigenvalue weighted by Crippen LogP contribution is 2.57. The summed E-state index contributed by atoms with van der Waals surface area (Å²) in [4.78, 5) is 64.5. The molecule has 12 rings (SSSR count). The van der Waals surface area contributed by atoms with E-state index in [1.54, 1.807) is 64.5 Å². The fourth-order valence-corrected chi connectivity index (χ4v) is 12.8. The van der Waals surface area contributed by atoms with E-state index in [0.29, 0.717) is 77.5 Å². The number of fused-ring (bicyclic) bond motifs is 3. The van der Waals surface area contributed by atoms with Crippen molar-refractivity contribution in [2.45, 2.75) is 116 Å². The van der Waals surface area contributed by atoms with E-state index >= 15 is 18.4 Å². The molecule has 3 aliphatic heterocycles. The van der Waals surface area contributed by atoms with Gasteiger partial charge >= 0.3 is 11.4 Å². The molecule has 1 saturated carbocycles. The van der Waals surface area contributed by atoms with Gasteiger partial charge in [0.05, 0.1) is 45.8 Å². The van der Waals surface area contributed by atoms with Gasteiger partial charge in [-0.15, -0.1) is 0 Å². The second-order valence-electron chi connectivity index (χ2n) is 21.1. The Balaban J connectivity index is 1.08. The summed E-state index contributed by atoms with van der Waals surface area (Å²) in [6.07, 6.45) is 7.76. The number of halogens is 2. The SMILES string of the molecule is CC(=O)N1CCCC12Cc1nn(-c3cc(C)c(F)c(C)c3)c(-n3ccn(-c4ccc5c(cnn5C)c4F)c3=O)c1[C@H](C)N2C(=O)c1cc2cc([C@H]3CCOC(C)(C)C3)ccc2n1[C@@]1(c2noc(=O)[nH]2)C[C@@H]1C. The van der Waals surface area contributed by atoms with E-state index in [2.05, 4.69) is 41.2 Å². The fourth-order valence-electron chi connectivity index (χ4n) is 12.8. The van der Waals surface area contributed by atoms with Gasteiger partial charge < -0.3 is 19.1 Å². The molecular weight excluding hydrogens is 925 g/mol. The highest BCUT2D eigenvalue weighted by atomic mass is 19.1. The van der Waals surface area contributed by atoms with Crippen LogP contribution in [0.2, 0.25) is 0 Å². The molecule has 372 valence electrons. The number of imidazole rings is 1. The fraction of sp³-hybridized carbons (Fsp3) is 0.415. The number of carbonyl (C=O) groups excluding carboxylic acids is 2. The molecule has 3 aromatic carbocycles. The van der Waals surface area contributed by atoms with Crippen molar-refractivity contribution in [1.29, 1.82) is 0 Å². The zero-order chi connectivity index (χ0) is 50.5. The van der Waals surface area contributed by atoms with Gasteiger partial charge in [-0.05, 0) is 138 Å². The number of ether oxygens (including phenoxy) is 1. The van der Waals surface area contributed by atoms with Crippen molar-refractivity contribution in [3.05, 3.63) is 139 Å². The summed E-state index contributed by atoms with van der Waals surface area (Å²) in [6.45, 7) is 13.9. The van der Waals surface area contributed by atoms with E-state index in [4.69, 9.17) is 14.4 Å². The largest absolute Gasteiger partial charge is 0.438 e. The molecule has 0 radical (unpaired) electrons. The molecule has 8 heterocycles. The first-order chi connectivity index (χ1) is 34.3. The molecule has 1 spiro atoms. The molecule has 17 nitrogen and oxygen atoms in total. The number of nitrogens with zero attached hydrogens (tertiary/aromatic N) is 10. The van der Waals surface area contributed by atoms with Gasteiger partial charge in [-0.1, -0.05) is 18.1 Å². The van der Waals surface area contributed by atoms with Gasteiger partial charge in [0.25, 0.3) is 5.91 Å². The molecule has 5 aromatic heterocycles. The van der Waals surface area contributed by atoms with E-state index in [1.165, 1.54) is 34.5 Å². The molecule has 5 atom stereocenters. The molecule has 1 aliphatic carbocycles. The van der Waals surface area contributed by atoms with Gasteiger partial charge in [0.15, 0.2) is 11.6 Å². The Morgan fingerprint density at radius 1 is 0.931 bits per heavy atom. The van der Waals surface area contributed by atoms with Crippen LogP contribution in [0.25, 0.3) is 39.0 Å². The number of H-pyrrole nitrogens is 1. The van der Waals surface area contributed by atoms with Crippen LogP contribution in [0, 0.1) is 31.4 Å². The second-order valence-corrected chi connectivity index (χ2v) is 21.1. The zero-order valence-electron chi connectivity index (χ0n) is 41.4. The quantitative estimate of drug-likeness (QED) is 0.167. The number of hydrogen-bond donors (Lipinski definition) is 1. The van der Waals surface area contributed by atoms with Crippen LogP contribution in [-0.2, 0) is 28.5 Å². The second kappa shape index (κ2) is 15.8. The lowest BCUT2D eigenvalue weighted by molar-refractivity contribution is -0.141. The molecule has 72 heavy (non-hydrogen) atoms. The molecule has 2 amide bonds. The number of hydrogen-bond acceptors (Lipinski definition) is 9. The third-order valence-corrected chi connectivity index (χ3v) is 16.2. The predicted octanol–water partition coefficient (Wildman–Crippen LogP) is 7.78. The van der Waals surface area contributed by atoms with Crippen molar-refractivity contribution in [2.75, 3.05) is 13.2 Å². The number of amides is 2. The number of nitrogens with one attached hydrogen (secondary N) is 1. The standard InChI is InChI=1S/C53H55F2N11O6/c1-28-20-36(21-29(2)44(28)54)66-46(62-18-17-61(50(62)70)41-13-12-40-37(45(41)55)27-56-60(40)8)43-31(4)64(52(26-38(43)58-66)15-9-16-63(52)32(5)67)47(68)42-23-35-22-33(34-14-19-71-51(6,7)25-34)10-11-39(35)65(42)53(24-30(53)3)48-57-49(69)72-59-48/h10-13,17-18,20-23,27,30-31,34H,9,14-16,19,24-26H2,1-8H3,(H,57,59,69)/t30-,31-,34-,52?,53-/m0/s1. The van der Waals surface area contributed by atoms with Crippen molar-refractivity contribution in [3.63, 3.8) is 0 Å². The first-order valence-electron chi connectivity index (χ1n) is 24.6. The maximum atomic E-state index is 16.5. The van der Waals surface area contributed by atoms with E-state index < -0.39 is 34.5 Å². The third-order valence-electron chi connectivity index (χ3n) is 16.2. The van der Waals surface area contributed by atoms with Crippen molar-refractivity contribution < 1.29 is 27.6 Å². The Bertz CT molecular complexity index is 3700. The smallest absolute Gasteiger partial charge is 0.376 e. The summed E-state index contributed by atoms with van der Waals surface area (Å²) in [5, 5.41) is 14.7. The van der Waals surface area contributed by atoms with Crippen LogP contribution in [-0.4, -0.2) is 89.4 Å². The Hall–Kier alpha value is -7.41. The highest BCUT2D eigenvalue weighted by Gasteiger charge is 2.61. The summed E-state index contributed by atoms with van der Waals surface area (Å²) in [5.41, 5.74) is 1.87. The Morgan fingerprint density at radius 3 is 2.36 bits per heavy atom. The van der Waals surface area contributed by atoms with E-state index in [-0.39, 0.29) is 58.4 Å². The van der Waals surface area contributed by atoms with Crippen molar-refractivity contribution in [1.82, 2.24) is 53.2 Å². The number of rotatable bonds is 7. The normalized spacial score (nSPS) is 23.7. The lowest BCUT2D eigenvalue weighted by atomic mass is 9.83. The average molecular weight is 980 g/mol. The van der Waals surface area contributed by atoms with Crippen molar-refractivity contribution in [3.8, 4) is 17.2 Å². The van der Waals surface area contributed by atoms with Gasteiger partial charge in [0.1, 0.15) is 28.5 Å². The van der Waals surface area contributed by atoms with Gasteiger partial charge in [-0.3, -0.25) is 32.9 Å². The van der Waals surface area contributed by atoms with Crippen LogP contribution in [0.15, 0.2) is 81.2 Å². The molecule has 19 heteroatoms. The summed E-state index contributed by atoms with van der Waals surface area (Å²) in [7, 11) is 1.71. The van der Waals surface area contributed by atoms with Crippen molar-refractivity contribution >= 4 is 33.6 Å². The van der Waals surface area contributed by atoms with E-state index in [1.807, 2.05) is 30.5 Å². The number of aryl methyl sites for hydroxylation is 3. The van der Waals surface area contributed by atoms with Crippen LogP contribution in [0.1, 0.15) is 123 Å². The molecule has 1 N–H and O–H groups in total. The molecule has 8 aromatic rings. The van der Waals surface area contributed by atoms with Crippen molar-refractivity contribution in [2.24, 2.45) is 13.0 Å².